The molecular weight excluding hydrogens is 214 g/mol. The Morgan fingerprint density at radius 3 is 2.59 bits per heavy atom. The Morgan fingerprint density at radius 1 is 1.24 bits per heavy atom. The Morgan fingerprint density at radius 2 is 2.00 bits per heavy atom. The van der Waals surface area contributed by atoms with E-state index >= 15 is 0 Å². The fraction of sp³-hybridized carbons (Fsp3) is 0.571. The van der Waals surface area contributed by atoms with Crippen LogP contribution in [0.15, 0.2) is 18.2 Å². The van der Waals surface area contributed by atoms with Gasteiger partial charge in [-0.3, -0.25) is 0 Å². The zero-order valence-electron chi connectivity index (χ0n) is 11.0. The molecule has 17 heavy (non-hydrogen) atoms. The van der Waals surface area contributed by atoms with E-state index in [1.165, 1.54) is 11.1 Å². The molecule has 2 N–H and O–H groups in total. The summed E-state index contributed by atoms with van der Waals surface area (Å²) in [5, 5.41) is 0. The normalized spacial score (nSPS) is 12.5. The van der Waals surface area contributed by atoms with Gasteiger partial charge < -0.3 is 15.2 Å². The van der Waals surface area contributed by atoms with Crippen LogP contribution in [-0.2, 0) is 17.8 Å². The van der Waals surface area contributed by atoms with Crippen molar-refractivity contribution >= 4 is 0 Å². The zero-order valence-corrected chi connectivity index (χ0v) is 11.0. The predicted octanol–water partition coefficient (Wildman–Crippen LogP) is 2.51. The molecule has 0 fully saturated rings. The van der Waals surface area contributed by atoms with Gasteiger partial charge in [-0.2, -0.15) is 0 Å². The minimum absolute atomic E-state index is 0.136. The van der Waals surface area contributed by atoms with Crippen LogP contribution in [0, 0.1) is 0 Å². The lowest BCUT2D eigenvalue weighted by Gasteiger charge is -2.14. The summed E-state index contributed by atoms with van der Waals surface area (Å²) in [4.78, 5) is 0. The Kier molecular flexibility index (Phi) is 6.01. The van der Waals surface area contributed by atoms with Crippen LogP contribution < -0.4 is 10.5 Å². The molecule has 0 aliphatic rings. The maximum atomic E-state index is 5.85. The van der Waals surface area contributed by atoms with Gasteiger partial charge in [0.1, 0.15) is 5.75 Å². The van der Waals surface area contributed by atoms with E-state index in [0.29, 0.717) is 13.2 Å². The standard InChI is InChI=1S/C14H23NO2/c1-4-16-10-12-6-7-14(17-5-2)13(9-12)8-11(3)15/h6-7,9,11H,4-5,8,10,15H2,1-3H3. The molecule has 0 amide bonds. The number of ether oxygens (including phenoxy) is 2. The van der Waals surface area contributed by atoms with E-state index in [2.05, 4.69) is 6.07 Å². The van der Waals surface area contributed by atoms with Crippen LogP contribution in [0.4, 0.5) is 0 Å². The number of hydrogen-bond donors (Lipinski definition) is 1. The molecule has 1 aromatic rings. The minimum atomic E-state index is 0.136. The van der Waals surface area contributed by atoms with Crippen molar-refractivity contribution < 1.29 is 9.47 Å². The Labute approximate surface area is 104 Å². The molecule has 0 radical (unpaired) electrons. The lowest BCUT2D eigenvalue weighted by Crippen LogP contribution is -2.18. The summed E-state index contributed by atoms with van der Waals surface area (Å²) in [6, 6.07) is 6.32. The molecule has 0 aliphatic carbocycles. The number of benzene rings is 1. The summed E-state index contributed by atoms with van der Waals surface area (Å²) in [7, 11) is 0. The summed E-state index contributed by atoms with van der Waals surface area (Å²) in [6.07, 6.45) is 0.829. The average Bonchev–Trinajstić information content (AvgIpc) is 2.29. The van der Waals surface area contributed by atoms with Crippen molar-refractivity contribution in [2.24, 2.45) is 5.73 Å². The highest BCUT2D eigenvalue weighted by Crippen LogP contribution is 2.22. The average molecular weight is 237 g/mol. The van der Waals surface area contributed by atoms with E-state index in [1.54, 1.807) is 0 Å². The van der Waals surface area contributed by atoms with Gasteiger partial charge in [0, 0.05) is 12.6 Å². The largest absolute Gasteiger partial charge is 0.494 e. The van der Waals surface area contributed by atoms with Gasteiger partial charge in [-0.05, 0) is 50.5 Å². The molecule has 0 spiro atoms. The molecule has 96 valence electrons. The van der Waals surface area contributed by atoms with Crippen molar-refractivity contribution in [2.45, 2.75) is 39.8 Å². The number of hydrogen-bond acceptors (Lipinski definition) is 3. The van der Waals surface area contributed by atoms with Crippen molar-refractivity contribution in [1.82, 2.24) is 0 Å². The molecular formula is C14H23NO2. The van der Waals surface area contributed by atoms with Crippen LogP contribution in [0.1, 0.15) is 31.9 Å². The van der Waals surface area contributed by atoms with Crippen LogP contribution in [0.25, 0.3) is 0 Å². The molecule has 0 bridgehead atoms. The highest BCUT2D eigenvalue weighted by molar-refractivity contribution is 5.37. The predicted molar refractivity (Wildman–Crippen MR) is 70.3 cm³/mol. The van der Waals surface area contributed by atoms with Crippen molar-refractivity contribution in [1.29, 1.82) is 0 Å². The highest BCUT2D eigenvalue weighted by atomic mass is 16.5. The topological polar surface area (TPSA) is 44.5 Å². The third kappa shape index (κ3) is 4.75. The van der Waals surface area contributed by atoms with E-state index in [-0.39, 0.29) is 6.04 Å². The molecule has 0 saturated carbocycles. The first-order valence-electron chi connectivity index (χ1n) is 6.25. The van der Waals surface area contributed by atoms with Gasteiger partial charge in [0.15, 0.2) is 0 Å². The first kappa shape index (κ1) is 14.0. The third-order valence-electron chi connectivity index (χ3n) is 2.44. The second kappa shape index (κ2) is 7.30. The Bertz CT molecular complexity index is 337. The van der Waals surface area contributed by atoms with Gasteiger partial charge in [0.2, 0.25) is 0 Å². The second-order valence-corrected chi connectivity index (χ2v) is 4.19. The smallest absolute Gasteiger partial charge is 0.122 e. The van der Waals surface area contributed by atoms with Crippen LogP contribution in [-0.4, -0.2) is 19.3 Å². The molecule has 1 aromatic carbocycles. The Hall–Kier alpha value is -1.06. The first-order valence-corrected chi connectivity index (χ1v) is 6.25. The lowest BCUT2D eigenvalue weighted by molar-refractivity contribution is 0.134. The summed E-state index contributed by atoms with van der Waals surface area (Å²) in [5.41, 5.74) is 8.19. The maximum absolute atomic E-state index is 5.85. The molecule has 1 unspecified atom stereocenters. The van der Waals surface area contributed by atoms with E-state index in [9.17, 15) is 0 Å². The zero-order chi connectivity index (χ0) is 12.7. The van der Waals surface area contributed by atoms with Crippen molar-refractivity contribution in [3.8, 4) is 5.75 Å². The van der Waals surface area contributed by atoms with Gasteiger partial charge in [0.05, 0.1) is 13.2 Å². The summed E-state index contributed by atoms with van der Waals surface area (Å²) >= 11 is 0. The molecule has 3 nitrogen and oxygen atoms in total. The highest BCUT2D eigenvalue weighted by Gasteiger charge is 2.07. The van der Waals surface area contributed by atoms with Crippen LogP contribution in [0.3, 0.4) is 0 Å². The molecule has 0 saturated heterocycles. The molecule has 0 aromatic heterocycles. The summed E-state index contributed by atoms with van der Waals surface area (Å²) in [6.45, 7) is 8.05. The quantitative estimate of drug-likeness (QED) is 0.792. The molecule has 0 aliphatic heterocycles. The SMILES string of the molecule is CCOCc1ccc(OCC)c(CC(C)N)c1. The van der Waals surface area contributed by atoms with Gasteiger partial charge in [-0.1, -0.05) is 6.07 Å². The van der Waals surface area contributed by atoms with Gasteiger partial charge >= 0.3 is 0 Å². The fourth-order valence-electron chi connectivity index (χ4n) is 1.75. The lowest BCUT2D eigenvalue weighted by atomic mass is 10.0. The van der Waals surface area contributed by atoms with Crippen LogP contribution >= 0.6 is 0 Å². The van der Waals surface area contributed by atoms with Crippen molar-refractivity contribution in [3.63, 3.8) is 0 Å². The van der Waals surface area contributed by atoms with E-state index < -0.39 is 0 Å². The van der Waals surface area contributed by atoms with Gasteiger partial charge in [0.25, 0.3) is 0 Å². The monoisotopic (exact) mass is 237 g/mol. The van der Waals surface area contributed by atoms with E-state index in [0.717, 1.165) is 18.8 Å². The minimum Gasteiger partial charge on any atom is -0.494 e. The van der Waals surface area contributed by atoms with E-state index in [1.807, 2.05) is 32.9 Å². The van der Waals surface area contributed by atoms with Gasteiger partial charge in [-0.15, -0.1) is 0 Å². The fourth-order valence-corrected chi connectivity index (χ4v) is 1.75. The maximum Gasteiger partial charge on any atom is 0.122 e. The number of rotatable bonds is 7. The van der Waals surface area contributed by atoms with Gasteiger partial charge in [-0.25, -0.2) is 0 Å². The van der Waals surface area contributed by atoms with Crippen molar-refractivity contribution in [3.05, 3.63) is 29.3 Å². The van der Waals surface area contributed by atoms with Crippen LogP contribution in [0.2, 0.25) is 0 Å². The number of nitrogens with two attached hydrogens (primary N) is 1. The van der Waals surface area contributed by atoms with E-state index in [4.69, 9.17) is 15.2 Å². The van der Waals surface area contributed by atoms with Crippen LogP contribution in [0.5, 0.6) is 5.75 Å². The molecule has 0 heterocycles. The third-order valence-corrected chi connectivity index (χ3v) is 2.44. The summed E-state index contributed by atoms with van der Waals surface area (Å²) in [5.74, 6) is 0.935. The molecule has 1 rings (SSSR count). The summed E-state index contributed by atoms with van der Waals surface area (Å²) < 4.78 is 11.0. The second-order valence-electron chi connectivity index (χ2n) is 4.19. The first-order chi connectivity index (χ1) is 8.17. The molecule has 3 heteroatoms. The van der Waals surface area contributed by atoms with Crippen molar-refractivity contribution in [2.75, 3.05) is 13.2 Å². The Balaban J connectivity index is 2.84. The molecule has 1 atom stereocenters.